The van der Waals surface area contributed by atoms with E-state index in [0.29, 0.717) is 19.4 Å². The van der Waals surface area contributed by atoms with Gasteiger partial charge in [-0.2, -0.15) is 0 Å². The van der Waals surface area contributed by atoms with Gasteiger partial charge in [0.1, 0.15) is 0 Å². The molecule has 3 N–H and O–H groups in total. The van der Waals surface area contributed by atoms with Crippen LogP contribution in [0.1, 0.15) is 25.3 Å². The van der Waals surface area contributed by atoms with E-state index in [4.69, 9.17) is 5.14 Å². The van der Waals surface area contributed by atoms with E-state index in [0.717, 1.165) is 25.1 Å². The van der Waals surface area contributed by atoms with Crippen molar-refractivity contribution >= 4 is 21.6 Å². The van der Waals surface area contributed by atoms with Crippen LogP contribution in [0.5, 0.6) is 0 Å². The summed E-state index contributed by atoms with van der Waals surface area (Å²) >= 11 is 0. The molecule has 0 atom stereocenters. The van der Waals surface area contributed by atoms with Crippen LogP contribution < -0.4 is 15.4 Å². The Balaban J connectivity index is 1.69. The van der Waals surface area contributed by atoms with E-state index in [1.807, 2.05) is 18.2 Å². The van der Waals surface area contributed by atoms with Crippen LogP contribution in [0.4, 0.5) is 5.69 Å². The van der Waals surface area contributed by atoms with Gasteiger partial charge in [-0.05, 0) is 49.6 Å². The zero-order valence-corrected chi connectivity index (χ0v) is 16.4. The molecule has 0 aromatic heterocycles. The molecule has 0 heterocycles. The smallest absolute Gasteiger partial charge is 0.238 e. The van der Waals surface area contributed by atoms with Gasteiger partial charge in [-0.15, -0.1) is 0 Å². The number of primary sulfonamides is 1. The Hall–Kier alpha value is -2.38. The van der Waals surface area contributed by atoms with Crippen molar-refractivity contribution in [2.45, 2.75) is 31.1 Å². The van der Waals surface area contributed by atoms with Gasteiger partial charge >= 0.3 is 0 Å². The second-order valence-corrected chi connectivity index (χ2v) is 7.87. The van der Waals surface area contributed by atoms with Crippen molar-refractivity contribution in [3.63, 3.8) is 0 Å². The number of nitrogens with zero attached hydrogens (tertiary/aromatic N) is 1. The number of hydrogen-bond acceptors (Lipinski definition) is 4. The molecule has 2 rings (SSSR count). The van der Waals surface area contributed by atoms with Gasteiger partial charge in [0.15, 0.2) is 0 Å². The highest BCUT2D eigenvalue weighted by atomic mass is 32.2. The Morgan fingerprint density at radius 1 is 1.07 bits per heavy atom. The fourth-order valence-corrected chi connectivity index (χ4v) is 3.31. The van der Waals surface area contributed by atoms with Gasteiger partial charge < -0.3 is 10.2 Å². The fourth-order valence-electron chi connectivity index (χ4n) is 2.80. The van der Waals surface area contributed by atoms with Crippen LogP contribution in [0.15, 0.2) is 59.5 Å². The molecule has 6 nitrogen and oxygen atoms in total. The molecule has 2 aromatic carbocycles. The van der Waals surface area contributed by atoms with E-state index >= 15 is 0 Å². The van der Waals surface area contributed by atoms with Crippen molar-refractivity contribution in [3.05, 3.63) is 60.2 Å². The van der Waals surface area contributed by atoms with Crippen molar-refractivity contribution in [2.75, 3.05) is 24.5 Å². The highest BCUT2D eigenvalue weighted by Crippen LogP contribution is 2.13. The molecule has 0 fully saturated rings. The molecule has 0 saturated carbocycles. The van der Waals surface area contributed by atoms with Crippen LogP contribution in [0.3, 0.4) is 0 Å². The average Bonchev–Trinajstić information content (AvgIpc) is 2.67. The molecule has 146 valence electrons. The maximum Gasteiger partial charge on any atom is 0.238 e. The largest absolute Gasteiger partial charge is 0.372 e. The Morgan fingerprint density at radius 2 is 1.74 bits per heavy atom. The first kappa shape index (κ1) is 20.9. The number of carbonyl (C=O) groups is 1. The fraction of sp³-hybridized carbons (Fsp3) is 0.350. The second kappa shape index (κ2) is 10.1. The summed E-state index contributed by atoms with van der Waals surface area (Å²) in [6.07, 6.45) is 1.80. The highest BCUT2D eigenvalue weighted by molar-refractivity contribution is 7.89. The first-order valence-electron chi connectivity index (χ1n) is 9.08. The molecule has 0 unspecified atom stereocenters. The molecule has 0 saturated heterocycles. The lowest BCUT2D eigenvalue weighted by Crippen LogP contribution is -2.30. The average molecular weight is 390 g/mol. The van der Waals surface area contributed by atoms with Crippen molar-refractivity contribution in [3.8, 4) is 0 Å². The molecule has 0 radical (unpaired) electrons. The molecule has 27 heavy (non-hydrogen) atoms. The topological polar surface area (TPSA) is 92.5 Å². The lowest BCUT2D eigenvalue weighted by molar-refractivity contribution is -0.121. The van der Waals surface area contributed by atoms with Gasteiger partial charge in [0.25, 0.3) is 0 Å². The van der Waals surface area contributed by atoms with Gasteiger partial charge in [-0.1, -0.05) is 30.3 Å². The summed E-state index contributed by atoms with van der Waals surface area (Å²) in [5.41, 5.74) is 2.09. The quantitative estimate of drug-likeness (QED) is 0.610. The number of hydrogen-bond donors (Lipinski definition) is 2. The number of para-hydroxylation sites is 1. The standard InChI is InChI=1S/C20H27N3O3S/c1-2-23(18-7-4-3-5-8-18)16-6-15-22-20(24)14-11-17-9-12-19(13-10-17)27(21,25)26/h3-5,7-10,12-13H,2,6,11,14-16H2,1H3,(H,22,24)(H2,21,25,26). The molecule has 0 spiro atoms. The van der Waals surface area contributed by atoms with Crippen LogP contribution >= 0.6 is 0 Å². The highest BCUT2D eigenvalue weighted by Gasteiger charge is 2.08. The number of nitrogens with one attached hydrogen (secondary N) is 1. The third-order valence-electron chi connectivity index (χ3n) is 4.32. The molecule has 1 amide bonds. The van der Waals surface area contributed by atoms with Gasteiger partial charge in [0.2, 0.25) is 15.9 Å². The molecule has 2 aromatic rings. The van der Waals surface area contributed by atoms with Crippen LogP contribution in [-0.4, -0.2) is 34.0 Å². The third kappa shape index (κ3) is 7.03. The summed E-state index contributed by atoms with van der Waals surface area (Å²) in [6.45, 7) is 4.56. The molecule has 0 aliphatic rings. The Bertz CT molecular complexity index is 821. The van der Waals surface area contributed by atoms with Crippen molar-refractivity contribution in [1.82, 2.24) is 5.32 Å². The molecule has 0 aliphatic carbocycles. The van der Waals surface area contributed by atoms with Gasteiger partial charge in [-0.25, -0.2) is 13.6 Å². The Labute approximate surface area is 161 Å². The Morgan fingerprint density at radius 3 is 2.33 bits per heavy atom. The molecule has 0 aliphatic heterocycles. The van der Waals surface area contributed by atoms with Crippen molar-refractivity contribution in [2.24, 2.45) is 5.14 Å². The summed E-state index contributed by atoms with van der Waals surface area (Å²) in [6, 6.07) is 16.5. The predicted octanol–water partition coefficient (Wildman–Crippen LogP) is 2.30. The summed E-state index contributed by atoms with van der Waals surface area (Å²) in [4.78, 5) is 14.3. The maximum absolute atomic E-state index is 12.0. The van der Waals surface area contributed by atoms with E-state index < -0.39 is 10.0 Å². The van der Waals surface area contributed by atoms with E-state index in [9.17, 15) is 13.2 Å². The summed E-state index contributed by atoms with van der Waals surface area (Å²) < 4.78 is 22.5. The van der Waals surface area contributed by atoms with Crippen LogP contribution in [0.25, 0.3) is 0 Å². The zero-order chi connectivity index (χ0) is 19.7. The van der Waals surface area contributed by atoms with Gasteiger partial charge in [-0.3, -0.25) is 4.79 Å². The predicted molar refractivity (Wildman–Crippen MR) is 108 cm³/mol. The van der Waals surface area contributed by atoms with Crippen molar-refractivity contribution in [1.29, 1.82) is 0 Å². The van der Waals surface area contributed by atoms with E-state index in [-0.39, 0.29) is 10.8 Å². The van der Waals surface area contributed by atoms with Crippen LogP contribution in [-0.2, 0) is 21.2 Å². The van der Waals surface area contributed by atoms with E-state index in [1.165, 1.54) is 17.8 Å². The minimum absolute atomic E-state index is 0.00622. The lowest BCUT2D eigenvalue weighted by Gasteiger charge is -2.23. The summed E-state index contributed by atoms with van der Waals surface area (Å²) in [5, 5.41) is 8.01. The monoisotopic (exact) mass is 389 g/mol. The zero-order valence-electron chi connectivity index (χ0n) is 15.6. The first-order chi connectivity index (χ1) is 12.9. The van der Waals surface area contributed by atoms with E-state index in [2.05, 4.69) is 29.3 Å². The minimum atomic E-state index is -3.68. The number of sulfonamides is 1. The number of anilines is 1. The summed E-state index contributed by atoms with van der Waals surface area (Å²) in [7, 11) is -3.68. The van der Waals surface area contributed by atoms with Gasteiger partial charge in [0.05, 0.1) is 4.90 Å². The molecular formula is C20H27N3O3S. The van der Waals surface area contributed by atoms with Gasteiger partial charge in [0, 0.05) is 31.7 Å². The molecule has 0 bridgehead atoms. The number of benzene rings is 2. The number of amides is 1. The number of carbonyl (C=O) groups excluding carboxylic acids is 1. The molecule has 7 heteroatoms. The first-order valence-corrected chi connectivity index (χ1v) is 10.6. The molecular weight excluding hydrogens is 362 g/mol. The second-order valence-electron chi connectivity index (χ2n) is 6.31. The van der Waals surface area contributed by atoms with E-state index in [1.54, 1.807) is 12.1 Å². The summed E-state index contributed by atoms with van der Waals surface area (Å²) in [5.74, 6) is -0.00622. The maximum atomic E-state index is 12.0. The number of aryl methyl sites for hydroxylation is 1. The van der Waals surface area contributed by atoms with Crippen LogP contribution in [0.2, 0.25) is 0 Å². The van der Waals surface area contributed by atoms with Crippen LogP contribution in [0, 0.1) is 0 Å². The lowest BCUT2D eigenvalue weighted by atomic mass is 10.1. The minimum Gasteiger partial charge on any atom is -0.372 e. The SMILES string of the molecule is CCN(CCCNC(=O)CCc1ccc(S(N)(=O)=O)cc1)c1ccccc1. The van der Waals surface area contributed by atoms with Crippen molar-refractivity contribution < 1.29 is 13.2 Å². The number of rotatable bonds is 10. The number of nitrogens with two attached hydrogens (primary N) is 1. The normalized spacial score (nSPS) is 11.2. The third-order valence-corrected chi connectivity index (χ3v) is 5.25. The Kier molecular flexibility index (Phi) is 7.82.